The molecular formula is C8H11N5O. The highest BCUT2D eigenvalue weighted by Crippen LogP contribution is 2.17. The van der Waals surface area contributed by atoms with Crippen LogP contribution in [-0.4, -0.2) is 21.8 Å². The van der Waals surface area contributed by atoms with E-state index in [1.807, 2.05) is 18.2 Å². The van der Waals surface area contributed by atoms with Crippen molar-refractivity contribution in [3.05, 3.63) is 18.2 Å². The van der Waals surface area contributed by atoms with Crippen molar-refractivity contribution >= 4 is 22.7 Å². The van der Waals surface area contributed by atoms with Crippen LogP contribution in [0.3, 0.4) is 0 Å². The number of aromatic nitrogens is 2. The first kappa shape index (κ1) is 8.79. The van der Waals surface area contributed by atoms with Gasteiger partial charge in [-0.1, -0.05) is 0 Å². The molecule has 1 aromatic heterocycles. The molecule has 0 unspecified atom stereocenters. The number of benzene rings is 1. The minimum Gasteiger partial charge on any atom is -0.376 e. The number of hydrogen-bond acceptors (Lipinski definition) is 5. The van der Waals surface area contributed by atoms with E-state index in [2.05, 4.69) is 20.7 Å². The maximum absolute atomic E-state index is 8.64. The summed E-state index contributed by atoms with van der Waals surface area (Å²) in [5.41, 5.74) is 5.02. The van der Waals surface area contributed by atoms with Crippen LogP contribution in [0.15, 0.2) is 18.2 Å². The van der Waals surface area contributed by atoms with E-state index in [1.165, 1.54) is 0 Å². The fraction of sp³-hybridized carbons (Fsp3) is 0.125. The van der Waals surface area contributed by atoms with E-state index in [9.17, 15) is 0 Å². The summed E-state index contributed by atoms with van der Waals surface area (Å²) >= 11 is 0. The molecule has 0 bridgehead atoms. The van der Waals surface area contributed by atoms with Crippen LogP contribution in [0, 0.1) is 0 Å². The lowest BCUT2D eigenvalue weighted by molar-refractivity contribution is 0.324. The Morgan fingerprint density at radius 2 is 2.36 bits per heavy atom. The van der Waals surface area contributed by atoms with Gasteiger partial charge in [-0.05, 0) is 18.2 Å². The lowest BCUT2D eigenvalue weighted by Crippen LogP contribution is -2.05. The second-order valence-corrected chi connectivity index (χ2v) is 2.80. The Balaban J connectivity index is 2.43. The number of imidazole rings is 1. The molecule has 0 aliphatic heterocycles. The molecule has 6 N–H and O–H groups in total. The Bertz CT molecular complexity index is 438. The Morgan fingerprint density at radius 3 is 3.07 bits per heavy atom. The smallest absolute Gasteiger partial charge is 0.202 e. The first-order valence-corrected chi connectivity index (χ1v) is 4.14. The molecule has 0 aliphatic carbocycles. The molecule has 6 nitrogen and oxygen atoms in total. The van der Waals surface area contributed by atoms with Gasteiger partial charge in [-0.2, -0.15) is 0 Å². The fourth-order valence-corrected chi connectivity index (χ4v) is 1.26. The fourth-order valence-electron chi connectivity index (χ4n) is 1.26. The number of aliphatic hydroxyl groups is 1. The SMILES string of the molecule is NNc1ccc2nc(NCO)[nH]c2c1. The van der Waals surface area contributed by atoms with Crippen molar-refractivity contribution in [2.45, 2.75) is 0 Å². The Morgan fingerprint density at radius 1 is 1.50 bits per heavy atom. The third-order valence-electron chi connectivity index (χ3n) is 1.90. The molecule has 1 heterocycles. The summed E-state index contributed by atoms with van der Waals surface area (Å²) in [4.78, 5) is 7.18. The number of aromatic amines is 1. The molecule has 0 saturated carbocycles. The van der Waals surface area contributed by atoms with Crippen LogP contribution >= 0.6 is 0 Å². The first-order valence-electron chi connectivity index (χ1n) is 4.14. The largest absolute Gasteiger partial charge is 0.376 e. The Kier molecular flexibility index (Phi) is 2.21. The Labute approximate surface area is 80.1 Å². The highest BCUT2D eigenvalue weighted by Gasteiger charge is 2.01. The number of hydrogen-bond donors (Lipinski definition) is 5. The van der Waals surface area contributed by atoms with Gasteiger partial charge in [-0.15, -0.1) is 0 Å². The van der Waals surface area contributed by atoms with Gasteiger partial charge in [0.1, 0.15) is 6.73 Å². The molecule has 0 spiro atoms. The van der Waals surface area contributed by atoms with Gasteiger partial charge < -0.3 is 20.8 Å². The van der Waals surface area contributed by atoms with Crippen molar-refractivity contribution in [1.82, 2.24) is 9.97 Å². The summed E-state index contributed by atoms with van der Waals surface area (Å²) < 4.78 is 0. The number of nitrogens with two attached hydrogens (primary N) is 1. The summed E-state index contributed by atoms with van der Waals surface area (Å²) in [6.45, 7) is -0.151. The quantitative estimate of drug-likeness (QED) is 0.272. The molecule has 0 amide bonds. The third kappa shape index (κ3) is 1.48. The van der Waals surface area contributed by atoms with E-state index in [0.717, 1.165) is 16.7 Å². The molecular weight excluding hydrogens is 182 g/mol. The minimum atomic E-state index is -0.151. The first-order chi connectivity index (χ1) is 6.83. The molecule has 6 heteroatoms. The summed E-state index contributed by atoms with van der Waals surface area (Å²) in [6.07, 6.45) is 0. The molecule has 0 atom stereocenters. The molecule has 14 heavy (non-hydrogen) atoms. The molecule has 1 aromatic carbocycles. The van der Waals surface area contributed by atoms with Crippen molar-refractivity contribution in [1.29, 1.82) is 0 Å². The standard InChI is InChI=1S/C8H11N5O/c9-13-5-1-2-6-7(3-5)12-8(11-6)10-4-14/h1-3,13-14H,4,9H2,(H2,10,11,12). The van der Waals surface area contributed by atoms with Gasteiger partial charge in [0.05, 0.1) is 16.7 Å². The van der Waals surface area contributed by atoms with E-state index in [1.54, 1.807) is 0 Å². The zero-order valence-corrected chi connectivity index (χ0v) is 7.41. The molecule has 2 aromatic rings. The molecule has 74 valence electrons. The number of aliphatic hydroxyl groups excluding tert-OH is 1. The van der Waals surface area contributed by atoms with Crippen LogP contribution in [0.1, 0.15) is 0 Å². The van der Waals surface area contributed by atoms with Crippen LogP contribution in [0.5, 0.6) is 0 Å². The summed E-state index contributed by atoms with van der Waals surface area (Å²) in [5, 5.41) is 11.3. The molecule has 0 saturated heterocycles. The number of H-pyrrole nitrogens is 1. The van der Waals surface area contributed by atoms with Crippen molar-refractivity contribution in [3.63, 3.8) is 0 Å². The number of nitrogen functional groups attached to an aromatic ring is 1. The highest BCUT2D eigenvalue weighted by molar-refractivity contribution is 5.81. The third-order valence-corrected chi connectivity index (χ3v) is 1.90. The lowest BCUT2D eigenvalue weighted by atomic mass is 10.3. The van der Waals surface area contributed by atoms with Gasteiger partial charge in [0.15, 0.2) is 0 Å². The van der Waals surface area contributed by atoms with Gasteiger partial charge >= 0.3 is 0 Å². The van der Waals surface area contributed by atoms with Crippen LogP contribution in [0.2, 0.25) is 0 Å². The zero-order chi connectivity index (χ0) is 9.97. The van der Waals surface area contributed by atoms with Gasteiger partial charge in [0.25, 0.3) is 0 Å². The van der Waals surface area contributed by atoms with E-state index >= 15 is 0 Å². The summed E-state index contributed by atoms with van der Waals surface area (Å²) in [7, 11) is 0. The van der Waals surface area contributed by atoms with Gasteiger partial charge in [0.2, 0.25) is 5.95 Å². The normalized spacial score (nSPS) is 10.4. The van der Waals surface area contributed by atoms with Gasteiger partial charge in [-0.3, -0.25) is 5.84 Å². The Hall–Kier alpha value is -1.79. The predicted octanol–water partition coefficient (Wildman–Crippen LogP) is 0.210. The number of rotatable bonds is 3. The van der Waals surface area contributed by atoms with Crippen LogP contribution in [0.25, 0.3) is 11.0 Å². The molecule has 2 rings (SSSR count). The predicted molar refractivity (Wildman–Crippen MR) is 54.6 cm³/mol. The van der Waals surface area contributed by atoms with E-state index in [4.69, 9.17) is 10.9 Å². The van der Waals surface area contributed by atoms with Crippen molar-refractivity contribution in [2.24, 2.45) is 5.84 Å². The van der Waals surface area contributed by atoms with E-state index in [-0.39, 0.29) is 6.73 Å². The average molecular weight is 193 g/mol. The number of fused-ring (bicyclic) bond motifs is 1. The molecule has 0 fully saturated rings. The second-order valence-electron chi connectivity index (χ2n) is 2.80. The van der Waals surface area contributed by atoms with Gasteiger partial charge in [0, 0.05) is 0 Å². The zero-order valence-electron chi connectivity index (χ0n) is 7.41. The van der Waals surface area contributed by atoms with Crippen molar-refractivity contribution in [2.75, 3.05) is 17.5 Å². The number of nitrogens with zero attached hydrogens (tertiary/aromatic N) is 1. The summed E-state index contributed by atoms with van der Waals surface area (Å²) in [6, 6.07) is 5.50. The average Bonchev–Trinajstić information content (AvgIpc) is 2.59. The summed E-state index contributed by atoms with van der Waals surface area (Å²) in [5.74, 6) is 5.80. The highest BCUT2D eigenvalue weighted by atomic mass is 16.3. The maximum Gasteiger partial charge on any atom is 0.202 e. The number of nitrogens with one attached hydrogen (secondary N) is 3. The monoisotopic (exact) mass is 193 g/mol. The molecule has 0 aliphatic rings. The minimum absolute atomic E-state index is 0.151. The number of anilines is 2. The van der Waals surface area contributed by atoms with Crippen molar-refractivity contribution < 1.29 is 5.11 Å². The van der Waals surface area contributed by atoms with E-state index < -0.39 is 0 Å². The van der Waals surface area contributed by atoms with Crippen LogP contribution in [-0.2, 0) is 0 Å². The van der Waals surface area contributed by atoms with Crippen LogP contribution < -0.4 is 16.6 Å². The molecule has 0 radical (unpaired) electrons. The van der Waals surface area contributed by atoms with Crippen LogP contribution in [0.4, 0.5) is 11.6 Å². The lowest BCUT2D eigenvalue weighted by Gasteiger charge is -1.96. The second kappa shape index (κ2) is 3.52. The van der Waals surface area contributed by atoms with Crippen molar-refractivity contribution in [3.8, 4) is 0 Å². The maximum atomic E-state index is 8.64. The van der Waals surface area contributed by atoms with E-state index in [0.29, 0.717) is 5.95 Å². The number of hydrazine groups is 1. The topological polar surface area (TPSA) is 99.0 Å². The van der Waals surface area contributed by atoms with Gasteiger partial charge in [-0.25, -0.2) is 4.98 Å².